The average molecular weight is 411 g/mol. The molecule has 1 saturated heterocycles. The van der Waals surface area contributed by atoms with E-state index >= 15 is 0 Å². The molecule has 3 aromatic rings. The maximum absolute atomic E-state index is 13.2. The summed E-state index contributed by atoms with van der Waals surface area (Å²) in [5, 5.41) is 5.18. The van der Waals surface area contributed by atoms with E-state index in [2.05, 4.69) is 20.3 Å². The van der Waals surface area contributed by atoms with Gasteiger partial charge in [-0.2, -0.15) is 0 Å². The van der Waals surface area contributed by atoms with E-state index in [1.54, 1.807) is 17.3 Å². The number of hydrogen-bond donors (Lipinski definition) is 2. The summed E-state index contributed by atoms with van der Waals surface area (Å²) < 4.78 is 0.771. The fraction of sp³-hybridized carbons (Fsp3) is 0.350. The number of carbonyl (C=O) groups is 2. The fourth-order valence-corrected chi connectivity index (χ4v) is 4.41. The van der Waals surface area contributed by atoms with E-state index in [9.17, 15) is 9.59 Å². The lowest BCUT2D eigenvalue weighted by molar-refractivity contribution is -0.118. The van der Waals surface area contributed by atoms with E-state index in [1.165, 1.54) is 11.3 Å². The SMILES string of the molecule is C[C@H](Nc1nc(C(=O)N2CC[C@H](CC(N)=O)C2)c2sccc2n1)c1cccnc1. The van der Waals surface area contributed by atoms with Crippen molar-refractivity contribution in [2.24, 2.45) is 11.7 Å². The van der Waals surface area contributed by atoms with Crippen LogP contribution in [-0.2, 0) is 4.79 Å². The molecule has 4 heterocycles. The average Bonchev–Trinajstić information content (AvgIpc) is 3.36. The molecule has 0 unspecified atom stereocenters. The van der Waals surface area contributed by atoms with Gasteiger partial charge in [-0.05, 0) is 42.3 Å². The highest BCUT2D eigenvalue weighted by atomic mass is 32.1. The maximum atomic E-state index is 13.2. The highest BCUT2D eigenvalue weighted by molar-refractivity contribution is 7.17. The first kappa shape index (κ1) is 19.3. The normalized spacial score (nSPS) is 17.4. The van der Waals surface area contributed by atoms with Crippen molar-refractivity contribution in [2.75, 3.05) is 18.4 Å². The van der Waals surface area contributed by atoms with Crippen LogP contribution in [0.25, 0.3) is 10.2 Å². The molecule has 0 aromatic carbocycles. The Morgan fingerprint density at radius 2 is 2.24 bits per heavy atom. The number of fused-ring (bicyclic) bond motifs is 1. The third-order valence-electron chi connectivity index (χ3n) is 5.10. The molecule has 9 heteroatoms. The van der Waals surface area contributed by atoms with Crippen LogP contribution in [0.2, 0.25) is 0 Å². The van der Waals surface area contributed by atoms with Gasteiger partial charge >= 0.3 is 0 Å². The molecule has 4 rings (SSSR count). The van der Waals surface area contributed by atoms with Crippen LogP contribution in [0, 0.1) is 5.92 Å². The van der Waals surface area contributed by atoms with Crippen molar-refractivity contribution in [3.63, 3.8) is 0 Å². The lowest BCUT2D eigenvalue weighted by Gasteiger charge is -2.18. The van der Waals surface area contributed by atoms with Gasteiger partial charge in [0.05, 0.1) is 16.3 Å². The topological polar surface area (TPSA) is 114 Å². The molecular formula is C20H22N6O2S. The number of nitrogens with two attached hydrogens (primary N) is 1. The molecular weight excluding hydrogens is 388 g/mol. The largest absolute Gasteiger partial charge is 0.370 e. The van der Waals surface area contributed by atoms with Crippen molar-refractivity contribution in [3.8, 4) is 0 Å². The standard InChI is InChI=1S/C20H22N6O2S/c1-12(14-3-2-6-22-10-14)23-20-24-15-5-8-29-18(15)17(25-20)19(28)26-7-4-13(11-26)9-16(21)27/h2-3,5-6,8,10,12-13H,4,7,9,11H2,1H3,(H2,21,27)(H,23,24,25)/t12-,13+/m0/s1. The predicted octanol–water partition coefficient (Wildman–Crippen LogP) is 2.60. The summed E-state index contributed by atoms with van der Waals surface area (Å²) in [7, 11) is 0. The van der Waals surface area contributed by atoms with Gasteiger partial charge in [0.25, 0.3) is 5.91 Å². The molecule has 2 atom stereocenters. The molecule has 0 bridgehead atoms. The zero-order chi connectivity index (χ0) is 20.4. The first-order valence-corrected chi connectivity index (χ1v) is 10.4. The molecule has 2 amide bonds. The van der Waals surface area contributed by atoms with Crippen LogP contribution in [0.5, 0.6) is 0 Å². The highest BCUT2D eigenvalue weighted by Gasteiger charge is 2.30. The molecule has 0 saturated carbocycles. The number of rotatable bonds is 6. The lowest BCUT2D eigenvalue weighted by atomic mass is 10.1. The number of pyridine rings is 1. The summed E-state index contributed by atoms with van der Waals surface area (Å²) in [6, 6.07) is 5.68. The van der Waals surface area contributed by atoms with Gasteiger partial charge in [-0.3, -0.25) is 14.6 Å². The van der Waals surface area contributed by atoms with Gasteiger partial charge in [-0.15, -0.1) is 11.3 Å². The minimum atomic E-state index is -0.331. The number of nitrogens with one attached hydrogen (secondary N) is 1. The van der Waals surface area contributed by atoms with E-state index in [0.717, 1.165) is 22.2 Å². The smallest absolute Gasteiger partial charge is 0.274 e. The van der Waals surface area contributed by atoms with Crippen LogP contribution in [0.4, 0.5) is 5.95 Å². The maximum Gasteiger partial charge on any atom is 0.274 e. The summed E-state index contributed by atoms with van der Waals surface area (Å²) in [4.78, 5) is 39.4. The number of aromatic nitrogens is 3. The van der Waals surface area contributed by atoms with Crippen LogP contribution < -0.4 is 11.1 Å². The van der Waals surface area contributed by atoms with Crippen molar-refractivity contribution in [3.05, 3.63) is 47.2 Å². The molecule has 29 heavy (non-hydrogen) atoms. The number of amides is 2. The van der Waals surface area contributed by atoms with Gasteiger partial charge in [0.2, 0.25) is 11.9 Å². The molecule has 0 radical (unpaired) electrons. The van der Waals surface area contributed by atoms with Crippen LogP contribution >= 0.6 is 11.3 Å². The molecule has 1 fully saturated rings. The monoisotopic (exact) mass is 410 g/mol. The molecule has 3 N–H and O–H groups in total. The van der Waals surface area contributed by atoms with E-state index in [4.69, 9.17) is 5.73 Å². The fourth-order valence-electron chi connectivity index (χ4n) is 3.60. The van der Waals surface area contributed by atoms with Gasteiger partial charge in [-0.25, -0.2) is 9.97 Å². The second-order valence-electron chi connectivity index (χ2n) is 7.26. The van der Waals surface area contributed by atoms with Gasteiger partial charge in [0, 0.05) is 31.9 Å². The van der Waals surface area contributed by atoms with E-state index < -0.39 is 0 Å². The molecule has 1 aliphatic rings. The Balaban J connectivity index is 1.58. The van der Waals surface area contributed by atoms with Gasteiger partial charge in [-0.1, -0.05) is 6.07 Å². The van der Waals surface area contributed by atoms with E-state index in [1.807, 2.05) is 30.5 Å². The number of likely N-dealkylation sites (tertiary alicyclic amines) is 1. The number of anilines is 1. The predicted molar refractivity (Wildman–Crippen MR) is 112 cm³/mol. The van der Waals surface area contributed by atoms with Crippen molar-refractivity contribution in [1.29, 1.82) is 0 Å². The van der Waals surface area contributed by atoms with Crippen LogP contribution in [-0.4, -0.2) is 44.8 Å². The zero-order valence-electron chi connectivity index (χ0n) is 16.0. The quantitative estimate of drug-likeness (QED) is 0.646. The first-order chi connectivity index (χ1) is 14.0. The third-order valence-corrected chi connectivity index (χ3v) is 6.01. The second kappa shape index (κ2) is 8.12. The van der Waals surface area contributed by atoms with Gasteiger partial charge in [0.1, 0.15) is 0 Å². The Labute approximate surface area is 172 Å². The summed E-state index contributed by atoms with van der Waals surface area (Å²) in [6.45, 7) is 3.12. The van der Waals surface area contributed by atoms with Crippen LogP contribution in [0.15, 0.2) is 36.0 Å². The number of thiophene rings is 1. The number of hydrogen-bond acceptors (Lipinski definition) is 7. The summed E-state index contributed by atoms with van der Waals surface area (Å²) in [5.41, 5.74) is 7.44. The number of nitrogens with zero attached hydrogens (tertiary/aromatic N) is 4. The molecule has 8 nitrogen and oxygen atoms in total. The van der Waals surface area contributed by atoms with E-state index in [0.29, 0.717) is 31.2 Å². The second-order valence-corrected chi connectivity index (χ2v) is 8.18. The minimum Gasteiger partial charge on any atom is -0.370 e. The third kappa shape index (κ3) is 4.19. The van der Waals surface area contributed by atoms with Gasteiger partial charge in [0.15, 0.2) is 5.69 Å². The number of primary amides is 1. The Hall–Kier alpha value is -3.07. The summed E-state index contributed by atoms with van der Waals surface area (Å²) in [5.74, 6) is 0.0514. The first-order valence-electron chi connectivity index (χ1n) is 9.50. The molecule has 3 aromatic heterocycles. The van der Waals surface area contributed by atoms with Crippen molar-refractivity contribution in [2.45, 2.75) is 25.8 Å². The van der Waals surface area contributed by atoms with Crippen molar-refractivity contribution < 1.29 is 9.59 Å². The summed E-state index contributed by atoms with van der Waals surface area (Å²) >= 11 is 1.45. The molecule has 150 valence electrons. The molecule has 0 aliphatic carbocycles. The van der Waals surface area contributed by atoms with Crippen LogP contribution in [0.3, 0.4) is 0 Å². The Morgan fingerprint density at radius 1 is 1.38 bits per heavy atom. The Kier molecular flexibility index (Phi) is 5.39. The van der Waals surface area contributed by atoms with Gasteiger partial charge < -0.3 is 16.0 Å². The Bertz CT molecular complexity index is 1040. The van der Waals surface area contributed by atoms with Crippen LogP contribution in [0.1, 0.15) is 41.9 Å². The molecule has 1 aliphatic heterocycles. The zero-order valence-corrected chi connectivity index (χ0v) is 16.9. The van der Waals surface area contributed by atoms with Crippen molar-refractivity contribution >= 4 is 39.3 Å². The van der Waals surface area contributed by atoms with E-state index in [-0.39, 0.29) is 23.8 Å². The number of carbonyl (C=O) groups excluding carboxylic acids is 2. The summed E-state index contributed by atoms with van der Waals surface area (Å²) in [6.07, 6.45) is 4.59. The van der Waals surface area contributed by atoms with Crippen molar-refractivity contribution in [1.82, 2.24) is 19.9 Å². The lowest BCUT2D eigenvalue weighted by Crippen LogP contribution is -2.30. The minimum absolute atomic E-state index is 0.0607. The Morgan fingerprint density at radius 3 is 3.00 bits per heavy atom. The highest BCUT2D eigenvalue weighted by Crippen LogP contribution is 2.28. The molecule has 0 spiro atoms.